The first-order valence-electron chi connectivity index (χ1n) is 9.17. The number of benzene rings is 1. The maximum atomic E-state index is 13.6. The molecule has 1 aromatic rings. The van der Waals surface area contributed by atoms with Gasteiger partial charge in [-0.1, -0.05) is 11.6 Å². The van der Waals surface area contributed by atoms with Gasteiger partial charge in [-0.2, -0.15) is 0 Å². The van der Waals surface area contributed by atoms with Gasteiger partial charge in [0.25, 0.3) is 5.91 Å². The fraction of sp³-hybridized carbons (Fsp3) is 0.350. The van der Waals surface area contributed by atoms with E-state index >= 15 is 0 Å². The van der Waals surface area contributed by atoms with Crippen molar-refractivity contribution in [2.24, 2.45) is 4.99 Å². The van der Waals surface area contributed by atoms with Gasteiger partial charge in [-0.05, 0) is 26.0 Å². The van der Waals surface area contributed by atoms with Gasteiger partial charge in [-0.3, -0.25) is 4.79 Å². The van der Waals surface area contributed by atoms with E-state index in [-0.39, 0.29) is 30.1 Å². The molecular formula is C20H21ClF2N4O3. The number of likely N-dealkylation sites (tertiary alicyclic amines) is 1. The number of aliphatic imine (C=N–C) groups is 1. The van der Waals surface area contributed by atoms with Crippen molar-refractivity contribution in [2.45, 2.75) is 20.0 Å². The number of nitrogens with one attached hydrogen (secondary N) is 2. The fourth-order valence-electron chi connectivity index (χ4n) is 3.07. The zero-order valence-corrected chi connectivity index (χ0v) is 17.2. The quantitative estimate of drug-likeness (QED) is 0.658. The van der Waals surface area contributed by atoms with Crippen LogP contribution in [0.5, 0.6) is 5.75 Å². The Balaban J connectivity index is 1.84. The van der Waals surface area contributed by atoms with Crippen molar-refractivity contribution in [1.29, 1.82) is 5.41 Å². The smallest absolute Gasteiger partial charge is 0.258 e. The molecule has 1 atom stereocenters. The number of allylic oxidation sites excluding steroid dienone is 2. The van der Waals surface area contributed by atoms with Crippen LogP contribution >= 0.6 is 11.6 Å². The number of amides is 1. The molecule has 1 aromatic carbocycles. The summed E-state index contributed by atoms with van der Waals surface area (Å²) < 4.78 is 31.4. The molecule has 7 nitrogen and oxygen atoms in total. The molecular weight excluding hydrogens is 418 g/mol. The van der Waals surface area contributed by atoms with Crippen LogP contribution in [-0.4, -0.2) is 59.8 Å². The molecule has 1 unspecified atom stereocenters. The van der Waals surface area contributed by atoms with E-state index in [1.807, 2.05) is 0 Å². The first-order valence-corrected chi connectivity index (χ1v) is 9.54. The van der Waals surface area contributed by atoms with Gasteiger partial charge in [-0.25, -0.2) is 13.8 Å². The third-order valence-corrected chi connectivity index (χ3v) is 5.21. The normalized spacial score (nSPS) is 20.3. The highest BCUT2D eigenvalue weighted by Gasteiger charge is 2.32. The minimum Gasteiger partial charge on any atom is -0.490 e. The Morgan fingerprint density at radius 2 is 2.17 bits per heavy atom. The zero-order chi connectivity index (χ0) is 22.0. The number of hydrogen-bond acceptors (Lipinski definition) is 6. The van der Waals surface area contributed by atoms with Gasteiger partial charge < -0.3 is 25.5 Å². The molecule has 10 heteroatoms. The van der Waals surface area contributed by atoms with Crippen LogP contribution in [0.2, 0.25) is 0 Å². The molecule has 3 N–H and O–H groups in total. The molecule has 0 aromatic heterocycles. The van der Waals surface area contributed by atoms with Crippen LogP contribution in [0.4, 0.5) is 8.78 Å². The molecule has 2 heterocycles. The predicted molar refractivity (Wildman–Crippen MR) is 109 cm³/mol. The number of alkyl halides is 1. The largest absolute Gasteiger partial charge is 0.490 e. The van der Waals surface area contributed by atoms with Crippen molar-refractivity contribution < 1.29 is 23.4 Å². The molecule has 1 fully saturated rings. The number of nitrogens with zero attached hydrogens (tertiary/aromatic N) is 2. The summed E-state index contributed by atoms with van der Waals surface area (Å²) >= 11 is 6.14. The molecule has 0 bridgehead atoms. The average molecular weight is 439 g/mol. The third-order valence-electron chi connectivity index (χ3n) is 4.65. The maximum absolute atomic E-state index is 13.6. The van der Waals surface area contributed by atoms with Gasteiger partial charge in [0.2, 0.25) is 0 Å². The van der Waals surface area contributed by atoms with Gasteiger partial charge in [0.1, 0.15) is 36.8 Å². The lowest BCUT2D eigenvalue weighted by molar-refractivity contribution is 0.0758. The summed E-state index contributed by atoms with van der Waals surface area (Å²) in [5.74, 6) is -0.766. The van der Waals surface area contributed by atoms with Crippen molar-refractivity contribution in [3.63, 3.8) is 0 Å². The number of carbonyl (C=O) groups is 1. The fourth-order valence-corrected chi connectivity index (χ4v) is 3.16. The molecule has 1 saturated heterocycles. The first-order chi connectivity index (χ1) is 14.2. The summed E-state index contributed by atoms with van der Waals surface area (Å²) in [7, 11) is 0. The Kier molecular flexibility index (Phi) is 6.52. The monoisotopic (exact) mass is 438 g/mol. The summed E-state index contributed by atoms with van der Waals surface area (Å²) in [5, 5.41) is 21.2. The minimum atomic E-state index is -1.38. The van der Waals surface area contributed by atoms with Crippen LogP contribution in [0.3, 0.4) is 0 Å². The SMILES string of the molecule is CC1=N/C(=C2\CN(C(=O)c3ccc(F)cc3OCC(O)CF)CC2=N)NC(C)=C1Cl. The molecule has 0 radical (unpaired) electrons. The topological polar surface area (TPSA) is 98.0 Å². The molecule has 2 aliphatic heterocycles. The van der Waals surface area contributed by atoms with Crippen molar-refractivity contribution in [2.75, 3.05) is 26.4 Å². The molecule has 30 heavy (non-hydrogen) atoms. The molecule has 0 aliphatic carbocycles. The van der Waals surface area contributed by atoms with E-state index in [1.165, 1.54) is 11.0 Å². The molecule has 1 amide bonds. The highest BCUT2D eigenvalue weighted by Crippen LogP contribution is 2.27. The number of hydrogen-bond donors (Lipinski definition) is 3. The van der Waals surface area contributed by atoms with E-state index in [0.717, 1.165) is 12.1 Å². The number of rotatable bonds is 5. The Morgan fingerprint density at radius 3 is 2.83 bits per heavy atom. The number of aliphatic hydroxyl groups is 1. The van der Waals surface area contributed by atoms with Crippen molar-refractivity contribution in [3.05, 3.63) is 51.7 Å². The van der Waals surface area contributed by atoms with Gasteiger partial charge in [0.15, 0.2) is 0 Å². The standard InChI is InChI=1S/C20H21ClF2N4O3/c1-10-18(21)11(2)26-19(25-10)15-7-27(8-16(15)24)20(29)14-4-3-12(23)5-17(14)30-9-13(28)6-22/h3-5,13,24-25,28H,6-9H2,1-2H3/b19-15+,24-16?. The molecule has 0 spiro atoms. The van der Waals surface area contributed by atoms with E-state index in [1.54, 1.807) is 13.8 Å². The third kappa shape index (κ3) is 4.52. The number of carbonyl (C=O) groups excluding carboxylic acids is 1. The lowest BCUT2D eigenvalue weighted by Crippen LogP contribution is -2.30. The Bertz CT molecular complexity index is 990. The highest BCUT2D eigenvalue weighted by molar-refractivity contribution is 6.43. The Hall–Kier alpha value is -2.78. The molecule has 0 saturated carbocycles. The Morgan fingerprint density at radius 1 is 1.43 bits per heavy atom. The van der Waals surface area contributed by atoms with Crippen LogP contribution in [0, 0.1) is 11.2 Å². The number of aliphatic hydroxyl groups excluding tert-OH is 1. The van der Waals surface area contributed by atoms with Crippen molar-refractivity contribution >= 4 is 28.9 Å². The Labute approximate surface area is 177 Å². The van der Waals surface area contributed by atoms with E-state index in [4.69, 9.17) is 21.7 Å². The van der Waals surface area contributed by atoms with E-state index in [9.17, 15) is 18.7 Å². The van der Waals surface area contributed by atoms with Crippen LogP contribution in [0.25, 0.3) is 0 Å². The van der Waals surface area contributed by atoms with Gasteiger partial charge in [0, 0.05) is 17.3 Å². The lowest BCUT2D eigenvalue weighted by atomic mass is 10.1. The van der Waals surface area contributed by atoms with Crippen LogP contribution in [0.15, 0.2) is 45.3 Å². The average Bonchev–Trinajstić information content (AvgIpc) is 3.11. The second kappa shape index (κ2) is 8.93. The molecule has 2 aliphatic rings. The second-order valence-corrected chi connectivity index (χ2v) is 7.37. The molecule has 3 rings (SSSR count). The van der Waals surface area contributed by atoms with Gasteiger partial charge in [-0.15, -0.1) is 0 Å². The summed E-state index contributed by atoms with van der Waals surface area (Å²) in [6, 6.07) is 3.38. The highest BCUT2D eigenvalue weighted by atomic mass is 35.5. The summed E-state index contributed by atoms with van der Waals surface area (Å²) in [5.41, 5.74) is 2.12. The first kappa shape index (κ1) is 21.9. The van der Waals surface area contributed by atoms with Crippen LogP contribution < -0.4 is 10.1 Å². The van der Waals surface area contributed by atoms with Gasteiger partial charge in [0.05, 0.1) is 35.1 Å². The van der Waals surface area contributed by atoms with Gasteiger partial charge >= 0.3 is 0 Å². The van der Waals surface area contributed by atoms with E-state index in [0.29, 0.717) is 27.8 Å². The van der Waals surface area contributed by atoms with E-state index in [2.05, 4.69) is 10.3 Å². The maximum Gasteiger partial charge on any atom is 0.258 e. The van der Waals surface area contributed by atoms with Crippen LogP contribution in [0.1, 0.15) is 24.2 Å². The van der Waals surface area contributed by atoms with Crippen molar-refractivity contribution in [3.8, 4) is 5.75 Å². The number of halogens is 3. The molecule has 160 valence electrons. The van der Waals surface area contributed by atoms with E-state index < -0.39 is 31.1 Å². The lowest BCUT2D eigenvalue weighted by Gasteiger charge is -2.19. The summed E-state index contributed by atoms with van der Waals surface area (Å²) in [6.45, 7) is 2.25. The zero-order valence-electron chi connectivity index (χ0n) is 16.4. The van der Waals surface area contributed by atoms with Crippen LogP contribution in [-0.2, 0) is 0 Å². The number of ether oxygens (including phenoxy) is 1. The summed E-state index contributed by atoms with van der Waals surface area (Å²) in [6.07, 6.45) is -1.38. The van der Waals surface area contributed by atoms with Crippen molar-refractivity contribution in [1.82, 2.24) is 10.2 Å². The minimum absolute atomic E-state index is 0.0360. The second-order valence-electron chi connectivity index (χ2n) is 6.99. The predicted octanol–water partition coefficient (Wildman–Crippen LogP) is 2.76. The summed E-state index contributed by atoms with van der Waals surface area (Å²) in [4.78, 5) is 18.8.